The lowest BCUT2D eigenvalue weighted by Gasteiger charge is -2.23. The van der Waals surface area contributed by atoms with Gasteiger partial charge in [-0.1, -0.05) is 17.7 Å². The van der Waals surface area contributed by atoms with Gasteiger partial charge in [-0.05, 0) is 25.3 Å². The number of nitrogens with one attached hydrogen (secondary N) is 1. The topological polar surface area (TPSA) is 56.0 Å². The van der Waals surface area contributed by atoms with Crippen LogP contribution in [-0.2, 0) is 0 Å². The Labute approximate surface area is 111 Å². The van der Waals surface area contributed by atoms with E-state index in [2.05, 4.69) is 11.4 Å². The van der Waals surface area contributed by atoms with Crippen molar-refractivity contribution in [3.8, 4) is 6.07 Å². The molecule has 2 N–H and O–H groups in total. The van der Waals surface area contributed by atoms with Crippen molar-refractivity contribution < 1.29 is 5.11 Å². The maximum Gasteiger partial charge on any atom is 0.101 e. The summed E-state index contributed by atoms with van der Waals surface area (Å²) in [6.45, 7) is 2.10. The first-order valence-corrected chi connectivity index (χ1v) is 6.91. The van der Waals surface area contributed by atoms with Gasteiger partial charge in [-0.15, -0.1) is 0 Å². The molecule has 0 saturated heterocycles. The number of nitriles is 1. The van der Waals surface area contributed by atoms with E-state index in [-0.39, 0.29) is 0 Å². The molecule has 1 rings (SSSR count). The van der Waals surface area contributed by atoms with Gasteiger partial charge in [0.1, 0.15) is 6.07 Å². The van der Waals surface area contributed by atoms with Gasteiger partial charge in [0.05, 0.1) is 21.9 Å². The second kappa shape index (κ2) is 6.15. The van der Waals surface area contributed by atoms with Crippen LogP contribution in [0.4, 0.5) is 5.69 Å². The molecule has 5 heteroatoms. The van der Waals surface area contributed by atoms with Crippen LogP contribution in [0.5, 0.6) is 0 Å². The molecule has 0 aliphatic rings. The number of thioether (sulfide) groups is 1. The maximum absolute atomic E-state index is 10.0. The first-order chi connectivity index (χ1) is 8.00. The molecule has 1 aromatic rings. The Bertz CT molecular complexity index is 429. The largest absolute Gasteiger partial charge is 0.387 e. The summed E-state index contributed by atoms with van der Waals surface area (Å²) < 4.78 is 0. The number of nitrogens with zero attached hydrogens (tertiary/aromatic N) is 1. The van der Waals surface area contributed by atoms with Gasteiger partial charge in [0.15, 0.2) is 0 Å². The zero-order valence-corrected chi connectivity index (χ0v) is 11.4. The third kappa shape index (κ3) is 4.12. The summed E-state index contributed by atoms with van der Waals surface area (Å²) in [7, 11) is 0. The summed E-state index contributed by atoms with van der Waals surface area (Å²) in [6, 6.07) is 7.21. The van der Waals surface area contributed by atoms with E-state index in [9.17, 15) is 5.11 Å². The normalized spacial score (nSPS) is 13.8. The van der Waals surface area contributed by atoms with Crippen LogP contribution in [0.2, 0.25) is 5.02 Å². The lowest BCUT2D eigenvalue weighted by Crippen LogP contribution is -2.36. The van der Waals surface area contributed by atoms with E-state index in [1.54, 1.807) is 36.9 Å². The zero-order chi connectivity index (χ0) is 12.9. The van der Waals surface area contributed by atoms with Crippen molar-refractivity contribution >= 4 is 29.1 Å². The highest BCUT2D eigenvalue weighted by Crippen LogP contribution is 2.26. The average Bonchev–Trinajstić information content (AvgIpc) is 2.27. The highest BCUT2D eigenvalue weighted by atomic mass is 35.5. The molecule has 1 atom stereocenters. The van der Waals surface area contributed by atoms with Crippen molar-refractivity contribution in [3.63, 3.8) is 0 Å². The molecule has 0 saturated carbocycles. The molecule has 3 nitrogen and oxygen atoms in total. The Hall–Kier alpha value is -0.890. The predicted molar refractivity (Wildman–Crippen MR) is 73.7 cm³/mol. The number of aliphatic hydroxyl groups is 1. The third-order valence-electron chi connectivity index (χ3n) is 2.24. The van der Waals surface area contributed by atoms with Gasteiger partial charge in [-0.3, -0.25) is 0 Å². The number of rotatable bonds is 5. The Balaban J connectivity index is 2.79. The summed E-state index contributed by atoms with van der Waals surface area (Å²) >= 11 is 7.58. The van der Waals surface area contributed by atoms with Crippen molar-refractivity contribution in [2.75, 3.05) is 23.9 Å². The zero-order valence-electron chi connectivity index (χ0n) is 9.83. The van der Waals surface area contributed by atoms with E-state index in [4.69, 9.17) is 16.9 Å². The minimum Gasteiger partial charge on any atom is -0.387 e. The van der Waals surface area contributed by atoms with Crippen molar-refractivity contribution in [3.05, 3.63) is 28.8 Å². The second-order valence-electron chi connectivity index (χ2n) is 4.06. The highest BCUT2D eigenvalue weighted by Gasteiger charge is 2.20. The van der Waals surface area contributed by atoms with Crippen LogP contribution < -0.4 is 5.32 Å². The lowest BCUT2D eigenvalue weighted by atomic mass is 10.1. The minimum absolute atomic E-state index is 0.353. The number of hydrogen-bond donors (Lipinski definition) is 2. The monoisotopic (exact) mass is 270 g/mol. The summed E-state index contributed by atoms with van der Waals surface area (Å²) in [5.41, 5.74) is 0.237. The number of para-hydroxylation sites is 1. The minimum atomic E-state index is -0.828. The predicted octanol–water partition coefficient (Wildman–Crippen LogP) is 2.74. The fraction of sp³-hybridized carbons (Fsp3) is 0.417. The van der Waals surface area contributed by atoms with E-state index in [1.165, 1.54) is 0 Å². The molecule has 1 aromatic carbocycles. The van der Waals surface area contributed by atoms with Gasteiger partial charge < -0.3 is 10.4 Å². The molecule has 0 spiro atoms. The summed E-state index contributed by atoms with van der Waals surface area (Å²) in [5, 5.41) is 22.5. The van der Waals surface area contributed by atoms with E-state index < -0.39 is 5.60 Å². The van der Waals surface area contributed by atoms with E-state index in [1.807, 2.05) is 6.26 Å². The van der Waals surface area contributed by atoms with Crippen LogP contribution in [0.15, 0.2) is 18.2 Å². The van der Waals surface area contributed by atoms with Gasteiger partial charge in [0.2, 0.25) is 0 Å². The molecule has 0 fully saturated rings. The maximum atomic E-state index is 10.0. The van der Waals surface area contributed by atoms with Gasteiger partial charge in [-0.2, -0.15) is 17.0 Å². The van der Waals surface area contributed by atoms with Crippen LogP contribution in [0.25, 0.3) is 0 Å². The molecule has 92 valence electrons. The van der Waals surface area contributed by atoms with E-state index in [0.717, 1.165) is 0 Å². The Morgan fingerprint density at radius 2 is 2.29 bits per heavy atom. The van der Waals surface area contributed by atoms with Gasteiger partial charge in [0, 0.05) is 12.3 Å². The Morgan fingerprint density at radius 1 is 1.59 bits per heavy atom. The van der Waals surface area contributed by atoms with Gasteiger partial charge in [-0.25, -0.2) is 0 Å². The number of halogens is 1. The number of anilines is 1. The Morgan fingerprint density at radius 3 is 2.88 bits per heavy atom. The number of hydrogen-bond acceptors (Lipinski definition) is 4. The van der Waals surface area contributed by atoms with Gasteiger partial charge in [0.25, 0.3) is 0 Å². The van der Waals surface area contributed by atoms with Crippen molar-refractivity contribution in [1.29, 1.82) is 5.26 Å². The third-order valence-corrected chi connectivity index (χ3v) is 3.46. The molecule has 0 heterocycles. The van der Waals surface area contributed by atoms with Crippen molar-refractivity contribution in [1.82, 2.24) is 0 Å². The van der Waals surface area contributed by atoms with E-state index >= 15 is 0 Å². The fourth-order valence-corrected chi connectivity index (χ4v) is 2.40. The smallest absolute Gasteiger partial charge is 0.101 e. The molecule has 0 bridgehead atoms. The summed E-state index contributed by atoms with van der Waals surface area (Å²) in [6.07, 6.45) is 1.94. The number of benzene rings is 1. The van der Waals surface area contributed by atoms with Crippen LogP contribution in [0.1, 0.15) is 12.5 Å². The fourth-order valence-electron chi connectivity index (χ4n) is 1.44. The van der Waals surface area contributed by atoms with Gasteiger partial charge >= 0.3 is 0 Å². The van der Waals surface area contributed by atoms with Crippen LogP contribution >= 0.6 is 23.4 Å². The summed E-state index contributed by atoms with van der Waals surface area (Å²) in [5.74, 6) is 0.617. The molecule has 0 aromatic heterocycles. The molecule has 0 unspecified atom stereocenters. The quantitative estimate of drug-likeness (QED) is 0.864. The molecular formula is C12H15ClN2OS. The summed E-state index contributed by atoms with van der Waals surface area (Å²) in [4.78, 5) is 0. The standard InChI is InChI=1S/C12H15ClN2OS/c1-12(16,8-17-2)7-15-11-9(6-14)4-3-5-10(11)13/h3-5,15-16H,7-8H2,1-2H3/t12-/m0/s1. The van der Waals surface area contributed by atoms with Crippen LogP contribution in [-0.4, -0.2) is 29.3 Å². The molecule has 0 aliphatic heterocycles. The Kier molecular flexibility index (Phi) is 5.13. The molecule has 0 amide bonds. The average molecular weight is 271 g/mol. The van der Waals surface area contributed by atoms with E-state index in [0.29, 0.717) is 28.6 Å². The van der Waals surface area contributed by atoms with Crippen LogP contribution in [0.3, 0.4) is 0 Å². The molecular weight excluding hydrogens is 256 g/mol. The van der Waals surface area contributed by atoms with Crippen molar-refractivity contribution in [2.45, 2.75) is 12.5 Å². The lowest BCUT2D eigenvalue weighted by molar-refractivity contribution is 0.0997. The molecule has 0 radical (unpaired) electrons. The van der Waals surface area contributed by atoms with Crippen molar-refractivity contribution in [2.24, 2.45) is 0 Å². The van der Waals surface area contributed by atoms with Crippen LogP contribution in [0, 0.1) is 11.3 Å². The molecule has 17 heavy (non-hydrogen) atoms. The first kappa shape index (κ1) is 14.2. The SMILES string of the molecule is CSC[C@@](C)(O)CNc1c(Cl)cccc1C#N. The highest BCUT2D eigenvalue weighted by molar-refractivity contribution is 7.98. The molecule has 0 aliphatic carbocycles. The second-order valence-corrected chi connectivity index (χ2v) is 5.33. The first-order valence-electron chi connectivity index (χ1n) is 5.14.